The summed E-state index contributed by atoms with van der Waals surface area (Å²) in [5.74, 6) is 1.01. The van der Waals surface area contributed by atoms with Crippen molar-refractivity contribution in [2.24, 2.45) is 5.92 Å². The number of amides is 2. The Morgan fingerprint density at radius 1 is 0.844 bits per heavy atom. The smallest absolute Gasteiger partial charge is 0.227 e. The normalized spacial score (nSPS) is 13.1. The third-order valence-corrected chi connectivity index (χ3v) is 5.60. The SMILES string of the molecule is O=C(CCc1nc2ccccc2n1-c1ccccc1)Nc1ccc(NC(=O)C2CC2)cc1. The van der Waals surface area contributed by atoms with Crippen LogP contribution in [0.1, 0.15) is 25.1 Å². The number of hydrogen-bond donors (Lipinski definition) is 2. The quantitative estimate of drug-likeness (QED) is 0.441. The third kappa shape index (κ3) is 4.39. The van der Waals surface area contributed by atoms with Gasteiger partial charge in [-0.05, 0) is 61.4 Å². The summed E-state index contributed by atoms with van der Waals surface area (Å²) in [5, 5.41) is 5.83. The van der Waals surface area contributed by atoms with E-state index >= 15 is 0 Å². The monoisotopic (exact) mass is 424 g/mol. The van der Waals surface area contributed by atoms with E-state index in [9.17, 15) is 9.59 Å². The van der Waals surface area contributed by atoms with Gasteiger partial charge in [0.2, 0.25) is 11.8 Å². The van der Waals surface area contributed by atoms with E-state index in [-0.39, 0.29) is 17.7 Å². The van der Waals surface area contributed by atoms with E-state index in [0.29, 0.717) is 18.5 Å². The minimum atomic E-state index is -0.0774. The number of hydrogen-bond acceptors (Lipinski definition) is 3. The molecule has 32 heavy (non-hydrogen) atoms. The molecular formula is C26H24N4O2. The molecule has 2 N–H and O–H groups in total. The molecule has 1 fully saturated rings. The first-order valence-corrected chi connectivity index (χ1v) is 10.9. The molecule has 4 aromatic rings. The summed E-state index contributed by atoms with van der Waals surface area (Å²) in [7, 11) is 0. The van der Waals surface area contributed by atoms with Gasteiger partial charge in [0.05, 0.1) is 11.0 Å². The van der Waals surface area contributed by atoms with Crippen LogP contribution in [0, 0.1) is 5.92 Å². The number of nitrogens with zero attached hydrogens (tertiary/aromatic N) is 2. The summed E-state index contributed by atoms with van der Waals surface area (Å²) < 4.78 is 2.11. The Balaban J connectivity index is 1.26. The first-order chi connectivity index (χ1) is 15.7. The predicted molar refractivity (Wildman–Crippen MR) is 126 cm³/mol. The average Bonchev–Trinajstić information content (AvgIpc) is 3.60. The first kappa shape index (κ1) is 20.0. The highest BCUT2D eigenvalue weighted by molar-refractivity contribution is 5.95. The summed E-state index contributed by atoms with van der Waals surface area (Å²) in [6, 6.07) is 25.3. The first-order valence-electron chi connectivity index (χ1n) is 10.9. The molecule has 6 heteroatoms. The molecule has 0 aliphatic heterocycles. The topological polar surface area (TPSA) is 76.0 Å². The number of carbonyl (C=O) groups is 2. The van der Waals surface area contributed by atoms with E-state index in [2.05, 4.69) is 15.2 Å². The number of nitrogens with one attached hydrogen (secondary N) is 2. The van der Waals surface area contributed by atoms with Gasteiger partial charge in [0.25, 0.3) is 0 Å². The number of anilines is 2. The molecule has 1 aliphatic carbocycles. The lowest BCUT2D eigenvalue weighted by Gasteiger charge is -2.10. The fraction of sp³-hybridized carbons (Fsp3) is 0.192. The molecule has 0 spiro atoms. The summed E-state index contributed by atoms with van der Waals surface area (Å²) in [6.45, 7) is 0. The molecule has 1 heterocycles. The van der Waals surface area contributed by atoms with Crippen LogP contribution in [0.25, 0.3) is 16.7 Å². The molecule has 0 saturated heterocycles. The number of imidazole rings is 1. The number of fused-ring (bicyclic) bond motifs is 1. The Morgan fingerprint density at radius 3 is 2.22 bits per heavy atom. The van der Waals surface area contributed by atoms with Crippen LogP contribution in [0.15, 0.2) is 78.9 Å². The maximum Gasteiger partial charge on any atom is 0.227 e. The molecule has 0 unspecified atom stereocenters. The third-order valence-electron chi connectivity index (χ3n) is 5.60. The van der Waals surface area contributed by atoms with Gasteiger partial charge in [-0.15, -0.1) is 0 Å². The van der Waals surface area contributed by atoms with Crippen molar-refractivity contribution in [3.05, 3.63) is 84.7 Å². The van der Waals surface area contributed by atoms with Gasteiger partial charge in [-0.1, -0.05) is 30.3 Å². The van der Waals surface area contributed by atoms with E-state index in [1.165, 1.54) is 0 Å². The highest BCUT2D eigenvalue weighted by Crippen LogP contribution is 2.30. The minimum Gasteiger partial charge on any atom is -0.326 e. The largest absolute Gasteiger partial charge is 0.326 e. The Morgan fingerprint density at radius 2 is 1.50 bits per heavy atom. The van der Waals surface area contributed by atoms with E-state index < -0.39 is 0 Å². The molecule has 1 aromatic heterocycles. The van der Waals surface area contributed by atoms with E-state index in [1.807, 2.05) is 66.7 Å². The molecule has 5 rings (SSSR count). The van der Waals surface area contributed by atoms with Crippen molar-refractivity contribution in [2.75, 3.05) is 10.6 Å². The number of aromatic nitrogens is 2. The molecular weight excluding hydrogens is 400 g/mol. The van der Waals surface area contributed by atoms with E-state index in [0.717, 1.165) is 41.1 Å². The maximum absolute atomic E-state index is 12.6. The predicted octanol–water partition coefficient (Wildman–Crippen LogP) is 4.95. The minimum absolute atomic E-state index is 0.0723. The van der Waals surface area contributed by atoms with Crippen molar-refractivity contribution in [3.63, 3.8) is 0 Å². The molecule has 1 saturated carbocycles. The Bertz CT molecular complexity index is 1260. The standard InChI is InChI=1S/C26H24N4O2/c31-25(27-19-12-14-20(15-13-19)28-26(32)18-10-11-18)17-16-24-29-22-8-4-5-9-23(22)30(24)21-6-2-1-3-7-21/h1-9,12-15,18H,10-11,16-17H2,(H,27,31)(H,28,32). The van der Waals surface area contributed by atoms with E-state index in [4.69, 9.17) is 4.98 Å². The zero-order chi connectivity index (χ0) is 21.9. The van der Waals surface area contributed by atoms with Crippen LogP contribution in [0.2, 0.25) is 0 Å². The molecule has 6 nitrogen and oxygen atoms in total. The summed E-state index contributed by atoms with van der Waals surface area (Å²) >= 11 is 0. The van der Waals surface area contributed by atoms with Gasteiger partial charge in [-0.2, -0.15) is 0 Å². The van der Waals surface area contributed by atoms with Crippen LogP contribution in [0.3, 0.4) is 0 Å². The lowest BCUT2D eigenvalue weighted by atomic mass is 10.2. The van der Waals surface area contributed by atoms with Gasteiger partial charge in [-0.25, -0.2) is 4.98 Å². The van der Waals surface area contributed by atoms with Crippen molar-refractivity contribution >= 4 is 34.2 Å². The van der Waals surface area contributed by atoms with Gasteiger partial charge < -0.3 is 10.6 Å². The number of rotatable bonds is 7. The molecule has 2 amide bonds. The summed E-state index contributed by atoms with van der Waals surface area (Å²) in [6.07, 6.45) is 2.78. The summed E-state index contributed by atoms with van der Waals surface area (Å²) in [4.78, 5) is 29.2. The highest BCUT2D eigenvalue weighted by atomic mass is 16.2. The van der Waals surface area contributed by atoms with Gasteiger partial charge >= 0.3 is 0 Å². The molecule has 3 aromatic carbocycles. The number of carbonyl (C=O) groups excluding carboxylic acids is 2. The lowest BCUT2D eigenvalue weighted by Crippen LogP contribution is -2.15. The van der Waals surface area contributed by atoms with Gasteiger partial charge in [0, 0.05) is 35.8 Å². The van der Waals surface area contributed by atoms with Crippen molar-refractivity contribution in [1.82, 2.24) is 9.55 Å². The lowest BCUT2D eigenvalue weighted by molar-refractivity contribution is -0.117. The van der Waals surface area contributed by atoms with Crippen molar-refractivity contribution < 1.29 is 9.59 Å². The van der Waals surface area contributed by atoms with Crippen LogP contribution in [0.4, 0.5) is 11.4 Å². The van der Waals surface area contributed by atoms with Gasteiger partial charge in [-0.3, -0.25) is 14.2 Å². The molecule has 0 radical (unpaired) electrons. The molecule has 1 aliphatic rings. The van der Waals surface area contributed by atoms with Gasteiger partial charge in [0.1, 0.15) is 5.82 Å². The fourth-order valence-electron chi connectivity index (χ4n) is 3.78. The Kier molecular flexibility index (Phi) is 5.42. The summed E-state index contributed by atoms with van der Waals surface area (Å²) in [5.41, 5.74) is 4.42. The van der Waals surface area contributed by atoms with Crippen LogP contribution in [-0.4, -0.2) is 21.4 Å². The fourth-order valence-corrected chi connectivity index (χ4v) is 3.78. The van der Waals surface area contributed by atoms with Crippen LogP contribution in [0.5, 0.6) is 0 Å². The maximum atomic E-state index is 12.6. The van der Waals surface area contributed by atoms with Crippen molar-refractivity contribution in [1.29, 1.82) is 0 Å². The second-order valence-corrected chi connectivity index (χ2v) is 8.08. The number of benzene rings is 3. The van der Waals surface area contributed by atoms with Gasteiger partial charge in [0.15, 0.2) is 0 Å². The number of para-hydroxylation sites is 3. The van der Waals surface area contributed by atoms with Crippen LogP contribution >= 0.6 is 0 Å². The second-order valence-electron chi connectivity index (χ2n) is 8.08. The number of aryl methyl sites for hydroxylation is 1. The average molecular weight is 425 g/mol. The Hall–Kier alpha value is -3.93. The van der Waals surface area contributed by atoms with Crippen molar-refractivity contribution in [3.8, 4) is 5.69 Å². The van der Waals surface area contributed by atoms with Crippen LogP contribution in [-0.2, 0) is 16.0 Å². The van der Waals surface area contributed by atoms with Crippen LogP contribution < -0.4 is 10.6 Å². The van der Waals surface area contributed by atoms with Crippen molar-refractivity contribution in [2.45, 2.75) is 25.7 Å². The zero-order valence-corrected chi connectivity index (χ0v) is 17.6. The van der Waals surface area contributed by atoms with E-state index in [1.54, 1.807) is 12.1 Å². The molecule has 0 atom stereocenters. The molecule has 160 valence electrons. The Labute approximate surface area is 186 Å². The highest BCUT2D eigenvalue weighted by Gasteiger charge is 2.29. The zero-order valence-electron chi connectivity index (χ0n) is 17.6. The second kappa shape index (κ2) is 8.67. The molecule has 0 bridgehead atoms.